The Kier molecular flexibility index (Phi) is 6.01. The summed E-state index contributed by atoms with van der Waals surface area (Å²) in [5.41, 5.74) is 1.63. The van der Waals surface area contributed by atoms with Gasteiger partial charge in [-0.15, -0.1) is 0 Å². The molecule has 5 nitrogen and oxygen atoms in total. The van der Waals surface area contributed by atoms with Crippen LogP contribution in [0.25, 0.3) is 0 Å². The summed E-state index contributed by atoms with van der Waals surface area (Å²) < 4.78 is 5.78. The molecule has 142 valence electrons. The maximum atomic E-state index is 12.6. The van der Waals surface area contributed by atoms with Crippen LogP contribution >= 0.6 is 11.6 Å². The third kappa shape index (κ3) is 4.80. The summed E-state index contributed by atoms with van der Waals surface area (Å²) in [6, 6.07) is 14.7. The molecular weight excluding hydrogens is 364 g/mol. The van der Waals surface area contributed by atoms with E-state index in [4.69, 9.17) is 16.3 Å². The molecule has 1 heterocycles. The minimum atomic E-state index is -0.380. The summed E-state index contributed by atoms with van der Waals surface area (Å²) in [4.78, 5) is 26.5. The van der Waals surface area contributed by atoms with Crippen LogP contribution < -0.4 is 15.0 Å². The first kappa shape index (κ1) is 19.2. The minimum absolute atomic E-state index is 0.0561. The Morgan fingerprint density at radius 1 is 1.26 bits per heavy atom. The van der Waals surface area contributed by atoms with Crippen LogP contribution in [0.1, 0.15) is 25.8 Å². The quantitative estimate of drug-likeness (QED) is 0.821. The van der Waals surface area contributed by atoms with Gasteiger partial charge in [0.05, 0.1) is 12.0 Å². The van der Waals surface area contributed by atoms with Crippen LogP contribution in [0.4, 0.5) is 5.69 Å². The molecule has 0 aliphatic carbocycles. The summed E-state index contributed by atoms with van der Waals surface area (Å²) in [5.74, 6) is 0.179. The monoisotopic (exact) mass is 386 g/mol. The van der Waals surface area contributed by atoms with Gasteiger partial charge in [-0.2, -0.15) is 0 Å². The van der Waals surface area contributed by atoms with Crippen molar-refractivity contribution in [2.45, 2.75) is 32.9 Å². The first-order valence-corrected chi connectivity index (χ1v) is 9.40. The van der Waals surface area contributed by atoms with E-state index in [9.17, 15) is 9.59 Å². The molecule has 2 aromatic carbocycles. The topological polar surface area (TPSA) is 58.6 Å². The number of amides is 2. The van der Waals surface area contributed by atoms with Crippen LogP contribution in [0.3, 0.4) is 0 Å². The zero-order chi connectivity index (χ0) is 19.4. The van der Waals surface area contributed by atoms with Crippen molar-refractivity contribution in [3.05, 3.63) is 59.1 Å². The molecule has 1 atom stereocenters. The summed E-state index contributed by atoms with van der Waals surface area (Å²) in [7, 11) is 0. The zero-order valence-corrected chi connectivity index (χ0v) is 16.2. The number of nitrogens with one attached hydrogen (secondary N) is 1. The minimum Gasteiger partial charge on any atom is -0.491 e. The second-order valence-electron chi connectivity index (χ2n) is 6.88. The largest absolute Gasteiger partial charge is 0.491 e. The van der Waals surface area contributed by atoms with E-state index < -0.39 is 0 Å². The number of benzene rings is 2. The van der Waals surface area contributed by atoms with Crippen molar-refractivity contribution in [2.75, 3.05) is 11.4 Å². The zero-order valence-electron chi connectivity index (χ0n) is 15.4. The molecule has 2 amide bonds. The molecule has 0 radical (unpaired) electrons. The van der Waals surface area contributed by atoms with E-state index in [0.29, 0.717) is 18.1 Å². The number of carbonyl (C=O) groups is 2. The van der Waals surface area contributed by atoms with Gasteiger partial charge in [0.2, 0.25) is 11.8 Å². The lowest BCUT2D eigenvalue weighted by atomic mass is 10.1. The van der Waals surface area contributed by atoms with Crippen LogP contribution in [0.5, 0.6) is 5.75 Å². The molecule has 27 heavy (non-hydrogen) atoms. The number of hydrogen-bond donors (Lipinski definition) is 1. The van der Waals surface area contributed by atoms with Crippen molar-refractivity contribution in [1.29, 1.82) is 0 Å². The molecule has 0 bridgehead atoms. The first-order chi connectivity index (χ1) is 12.9. The predicted octanol–water partition coefficient (Wildman–Crippen LogP) is 3.80. The van der Waals surface area contributed by atoms with E-state index in [-0.39, 0.29) is 30.3 Å². The maximum Gasteiger partial charge on any atom is 0.227 e. The highest BCUT2D eigenvalue weighted by Crippen LogP contribution is 2.27. The number of hydrogen-bond acceptors (Lipinski definition) is 3. The van der Waals surface area contributed by atoms with E-state index in [1.165, 1.54) is 0 Å². The fraction of sp³-hybridized carbons (Fsp3) is 0.333. The number of rotatable bonds is 6. The first-order valence-electron chi connectivity index (χ1n) is 9.02. The summed E-state index contributed by atoms with van der Waals surface area (Å²) in [6.07, 6.45) is 0.253. The van der Waals surface area contributed by atoms with Crippen molar-refractivity contribution < 1.29 is 14.3 Å². The van der Waals surface area contributed by atoms with Gasteiger partial charge in [-0.1, -0.05) is 35.9 Å². The molecule has 1 aliphatic rings. The van der Waals surface area contributed by atoms with Gasteiger partial charge in [-0.05, 0) is 38.1 Å². The smallest absolute Gasteiger partial charge is 0.227 e. The molecule has 0 unspecified atom stereocenters. The summed E-state index contributed by atoms with van der Waals surface area (Å²) >= 11 is 6.01. The van der Waals surface area contributed by atoms with E-state index in [1.54, 1.807) is 23.1 Å². The number of anilines is 1. The highest BCUT2D eigenvalue weighted by atomic mass is 35.5. The molecule has 0 aromatic heterocycles. The highest BCUT2D eigenvalue weighted by Gasteiger charge is 2.35. The van der Waals surface area contributed by atoms with Gasteiger partial charge in [-0.3, -0.25) is 9.59 Å². The molecule has 1 aliphatic heterocycles. The molecule has 2 aromatic rings. The van der Waals surface area contributed by atoms with Crippen LogP contribution in [0.2, 0.25) is 5.02 Å². The SMILES string of the molecule is CC(C)Oc1ccccc1CNC(=O)[C@H]1CC(=O)N(c2cccc(Cl)c2)C1. The van der Waals surface area contributed by atoms with Crippen LogP contribution in [-0.4, -0.2) is 24.5 Å². The van der Waals surface area contributed by atoms with Crippen molar-refractivity contribution in [3.63, 3.8) is 0 Å². The van der Waals surface area contributed by atoms with E-state index in [2.05, 4.69) is 5.32 Å². The van der Waals surface area contributed by atoms with Gasteiger partial charge in [0, 0.05) is 35.8 Å². The second-order valence-corrected chi connectivity index (χ2v) is 7.31. The van der Waals surface area contributed by atoms with Crippen LogP contribution in [0, 0.1) is 5.92 Å². The Bertz CT molecular complexity index is 838. The fourth-order valence-electron chi connectivity index (χ4n) is 3.12. The Morgan fingerprint density at radius 2 is 2.04 bits per heavy atom. The molecule has 0 spiro atoms. The molecule has 1 saturated heterocycles. The highest BCUT2D eigenvalue weighted by molar-refractivity contribution is 6.31. The number of ether oxygens (including phenoxy) is 1. The number of para-hydroxylation sites is 1. The van der Waals surface area contributed by atoms with Gasteiger partial charge in [0.1, 0.15) is 5.75 Å². The lowest BCUT2D eigenvalue weighted by molar-refractivity contribution is -0.126. The fourth-order valence-corrected chi connectivity index (χ4v) is 3.31. The Hall–Kier alpha value is -2.53. The Labute approximate surface area is 164 Å². The van der Waals surface area contributed by atoms with E-state index in [0.717, 1.165) is 17.0 Å². The third-order valence-electron chi connectivity index (χ3n) is 4.40. The van der Waals surface area contributed by atoms with Gasteiger partial charge in [-0.25, -0.2) is 0 Å². The molecule has 0 saturated carbocycles. The number of nitrogens with zero attached hydrogens (tertiary/aromatic N) is 1. The lowest BCUT2D eigenvalue weighted by Crippen LogP contribution is -2.32. The van der Waals surface area contributed by atoms with E-state index in [1.807, 2.05) is 44.2 Å². The molecule has 6 heteroatoms. The normalized spacial score (nSPS) is 16.7. The standard InChI is InChI=1S/C21H23ClN2O3/c1-14(2)27-19-9-4-3-6-15(19)12-23-21(26)16-10-20(25)24(13-16)18-8-5-7-17(22)11-18/h3-9,11,14,16H,10,12-13H2,1-2H3,(H,23,26)/t16-/m0/s1. The van der Waals surface area contributed by atoms with Crippen molar-refractivity contribution in [2.24, 2.45) is 5.92 Å². The molecular formula is C21H23ClN2O3. The predicted molar refractivity (Wildman–Crippen MR) is 106 cm³/mol. The third-order valence-corrected chi connectivity index (χ3v) is 4.64. The van der Waals surface area contributed by atoms with Crippen molar-refractivity contribution in [3.8, 4) is 5.75 Å². The Balaban J connectivity index is 1.62. The molecule has 1 fully saturated rings. The number of carbonyl (C=O) groups excluding carboxylic acids is 2. The maximum absolute atomic E-state index is 12.6. The average Bonchev–Trinajstić information content (AvgIpc) is 3.02. The lowest BCUT2D eigenvalue weighted by Gasteiger charge is -2.17. The average molecular weight is 387 g/mol. The Morgan fingerprint density at radius 3 is 2.78 bits per heavy atom. The van der Waals surface area contributed by atoms with Crippen LogP contribution in [-0.2, 0) is 16.1 Å². The van der Waals surface area contributed by atoms with Gasteiger partial charge in [0.25, 0.3) is 0 Å². The van der Waals surface area contributed by atoms with Crippen molar-refractivity contribution in [1.82, 2.24) is 5.32 Å². The second kappa shape index (κ2) is 8.44. The summed E-state index contributed by atoms with van der Waals surface area (Å²) in [5, 5.41) is 3.50. The molecule has 3 rings (SSSR count). The van der Waals surface area contributed by atoms with Gasteiger partial charge >= 0.3 is 0 Å². The van der Waals surface area contributed by atoms with Gasteiger partial charge < -0.3 is 15.0 Å². The van der Waals surface area contributed by atoms with Crippen molar-refractivity contribution >= 4 is 29.1 Å². The van der Waals surface area contributed by atoms with E-state index >= 15 is 0 Å². The summed E-state index contributed by atoms with van der Waals surface area (Å²) in [6.45, 7) is 4.65. The number of halogens is 1. The van der Waals surface area contributed by atoms with Gasteiger partial charge in [0.15, 0.2) is 0 Å². The molecule has 1 N–H and O–H groups in total. The van der Waals surface area contributed by atoms with Crippen LogP contribution in [0.15, 0.2) is 48.5 Å².